The van der Waals surface area contributed by atoms with E-state index in [-0.39, 0.29) is 28.3 Å². The van der Waals surface area contributed by atoms with Gasteiger partial charge in [0.25, 0.3) is 0 Å². The zero-order valence-corrected chi connectivity index (χ0v) is 20.0. The molecular formula is C22H18Br2F3NO3. The van der Waals surface area contributed by atoms with E-state index >= 15 is 0 Å². The molecule has 0 saturated carbocycles. The van der Waals surface area contributed by atoms with Crippen LogP contribution in [0.1, 0.15) is 35.3 Å². The van der Waals surface area contributed by atoms with Crippen molar-refractivity contribution in [2.24, 2.45) is 0 Å². The van der Waals surface area contributed by atoms with Gasteiger partial charge in [0.15, 0.2) is 0 Å². The standard InChI is InChI=1S/C22H18Br2F3NO3/c1-11(2)31-18-9-17-14(8-16(18)24)19(21(29)30-3)15(10-23)20(28-17)12-5-4-6-13(7-12)22(25,26)27/h4-9,11H,10H2,1-3H3. The summed E-state index contributed by atoms with van der Waals surface area (Å²) in [6.07, 6.45) is -4.62. The fourth-order valence-corrected chi connectivity index (χ4v) is 4.18. The van der Waals surface area contributed by atoms with E-state index in [1.54, 1.807) is 12.1 Å². The lowest BCUT2D eigenvalue weighted by molar-refractivity contribution is -0.137. The summed E-state index contributed by atoms with van der Waals surface area (Å²) < 4.78 is 51.2. The zero-order chi connectivity index (χ0) is 22.9. The molecule has 31 heavy (non-hydrogen) atoms. The fraction of sp³-hybridized carbons (Fsp3) is 0.273. The Hall–Kier alpha value is -2.13. The molecule has 0 unspecified atom stereocenters. The van der Waals surface area contributed by atoms with E-state index < -0.39 is 17.7 Å². The first-order chi connectivity index (χ1) is 14.6. The molecule has 0 bridgehead atoms. The lowest BCUT2D eigenvalue weighted by Gasteiger charge is -2.18. The van der Waals surface area contributed by atoms with E-state index in [2.05, 4.69) is 36.8 Å². The smallest absolute Gasteiger partial charge is 0.416 e. The number of rotatable bonds is 5. The van der Waals surface area contributed by atoms with E-state index in [0.29, 0.717) is 26.7 Å². The van der Waals surface area contributed by atoms with Crippen LogP contribution >= 0.6 is 31.9 Å². The fourth-order valence-electron chi connectivity index (χ4n) is 3.20. The summed E-state index contributed by atoms with van der Waals surface area (Å²) in [6, 6.07) is 8.21. The van der Waals surface area contributed by atoms with Crippen molar-refractivity contribution in [3.05, 3.63) is 57.6 Å². The molecule has 4 nitrogen and oxygen atoms in total. The van der Waals surface area contributed by atoms with E-state index in [4.69, 9.17) is 9.47 Å². The Labute approximate surface area is 194 Å². The number of hydrogen-bond acceptors (Lipinski definition) is 4. The molecule has 3 rings (SSSR count). The van der Waals surface area contributed by atoms with Crippen molar-refractivity contribution >= 4 is 48.7 Å². The number of esters is 1. The number of ether oxygens (including phenoxy) is 2. The van der Waals surface area contributed by atoms with Crippen molar-refractivity contribution in [1.82, 2.24) is 4.98 Å². The van der Waals surface area contributed by atoms with Crippen LogP contribution in [0.4, 0.5) is 13.2 Å². The molecule has 9 heteroatoms. The van der Waals surface area contributed by atoms with E-state index in [1.807, 2.05) is 13.8 Å². The van der Waals surface area contributed by atoms with Crippen LogP contribution in [-0.4, -0.2) is 24.2 Å². The monoisotopic (exact) mass is 559 g/mol. The van der Waals surface area contributed by atoms with E-state index in [0.717, 1.165) is 12.1 Å². The summed E-state index contributed by atoms with van der Waals surface area (Å²) in [5.74, 6) is -0.105. The number of methoxy groups -OCH3 is 1. The van der Waals surface area contributed by atoms with Gasteiger partial charge in [-0.2, -0.15) is 13.2 Å². The molecular weight excluding hydrogens is 543 g/mol. The molecule has 0 N–H and O–H groups in total. The average molecular weight is 561 g/mol. The van der Waals surface area contributed by atoms with Crippen LogP contribution in [0.25, 0.3) is 22.2 Å². The average Bonchev–Trinajstić information content (AvgIpc) is 2.71. The number of halogens is 5. The number of fused-ring (bicyclic) bond motifs is 1. The van der Waals surface area contributed by atoms with Gasteiger partial charge < -0.3 is 9.47 Å². The lowest BCUT2D eigenvalue weighted by atomic mass is 9.96. The van der Waals surface area contributed by atoms with Crippen LogP contribution in [0, 0.1) is 0 Å². The van der Waals surface area contributed by atoms with Gasteiger partial charge in [-0.1, -0.05) is 28.1 Å². The minimum atomic E-state index is -4.50. The summed E-state index contributed by atoms with van der Waals surface area (Å²) in [5.41, 5.74) is 0.763. The number of benzene rings is 2. The van der Waals surface area contributed by atoms with Gasteiger partial charge in [0, 0.05) is 27.9 Å². The number of nitrogens with zero attached hydrogens (tertiary/aromatic N) is 1. The molecule has 0 aliphatic heterocycles. The summed E-state index contributed by atoms with van der Waals surface area (Å²) in [4.78, 5) is 17.3. The maximum atomic E-state index is 13.3. The third-order valence-electron chi connectivity index (χ3n) is 4.49. The highest BCUT2D eigenvalue weighted by Gasteiger charge is 2.31. The maximum absolute atomic E-state index is 13.3. The van der Waals surface area contributed by atoms with Gasteiger partial charge >= 0.3 is 12.1 Å². The predicted octanol–water partition coefficient (Wildman–Crippen LogP) is 7.15. The SMILES string of the molecule is COC(=O)c1c(CBr)c(-c2cccc(C(F)(F)F)c2)nc2cc(OC(C)C)c(Br)cc12. The maximum Gasteiger partial charge on any atom is 0.416 e. The Morgan fingerprint density at radius 1 is 1.19 bits per heavy atom. The van der Waals surface area contributed by atoms with Crippen LogP contribution < -0.4 is 4.74 Å². The van der Waals surface area contributed by atoms with Crippen molar-refractivity contribution in [3.63, 3.8) is 0 Å². The van der Waals surface area contributed by atoms with Crippen molar-refractivity contribution in [1.29, 1.82) is 0 Å². The van der Waals surface area contributed by atoms with Crippen LogP contribution in [0.15, 0.2) is 40.9 Å². The van der Waals surface area contributed by atoms with Crippen molar-refractivity contribution in [2.45, 2.75) is 31.5 Å². The number of alkyl halides is 4. The summed E-state index contributed by atoms with van der Waals surface area (Å²) >= 11 is 6.81. The van der Waals surface area contributed by atoms with Crippen molar-refractivity contribution in [3.8, 4) is 17.0 Å². The van der Waals surface area contributed by atoms with Crippen LogP contribution in [0.3, 0.4) is 0 Å². The Morgan fingerprint density at radius 3 is 2.48 bits per heavy atom. The normalized spacial score (nSPS) is 11.8. The van der Waals surface area contributed by atoms with Crippen LogP contribution in [-0.2, 0) is 16.2 Å². The number of hydrogen-bond donors (Lipinski definition) is 0. The molecule has 0 aliphatic rings. The number of pyridine rings is 1. The third kappa shape index (κ3) is 4.87. The molecule has 0 spiro atoms. The number of carbonyl (C=O) groups excluding carboxylic acids is 1. The first-order valence-electron chi connectivity index (χ1n) is 9.21. The van der Waals surface area contributed by atoms with Gasteiger partial charge in [-0.25, -0.2) is 9.78 Å². The molecule has 0 fully saturated rings. The van der Waals surface area contributed by atoms with Gasteiger partial charge in [-0.3, -0.25) is 0 Å². The van der Waals surface area contributed by atoms with E-state index in [1.165, 1.54) is 19.2 Å². The molecule has 1 aromatic heterocycles. The lowest BCUT2D eigenvalue weighted by Crippen LogP contribution is -2.11. The predicted molar refractivity (Wildman–Crippen MR) is 120 cm³/mol. The second kappa shape index (κ2) is 9.16. The molecule has 0 radical (unpaired) electrons. The highest BCUT2D eigenvalue weighted by molar-refractivity contribution is 9.10. The van der Waals surface area contributed by atoms with Crippen LogP contribution in [0.2, 0.25) is 0 Å². The van der Waals surface area contributed by atoms with Crippen molar-refractivity contribution in [2.75, 3.05) is 7.11 Å². The minimum Gasteiger partial charge on any atom is -0.490 e. The Kier molecular flexibility index (Phi) is 6.95. The molecule has 0 amide bonds. The van der Waals surface area contributed by atoms with Gasteiger partial charge in [-0.05, 0) is 48.0 Å². The molecule has 2 aromatic carbocycles. The molecule has 0 aliphatic carbocycles. The van der Waals surface area contributed by atoms with Crippen molar-refractivity contribution < 1.29 is 27.4 Å². The first-order valence-corrected chi connectivity index (χ1v) is 11.1. The van der Waals surface area contributed by atoms with Gasteiger partial charge in [0.2, 0.25) is 0 Å². The molecule has 3 aromatic rings. The molecule has 0 saturated heterocycles. The van der Waals surface area contributed by atoms with Gasteiger partial charge in [0.1, 0.15) is 5.75 Å². The second-order valence-corrected chi connectivity index (χ2v) is 8.40. The number of carbonyl (C=O) groups is 1. The molecule has 1 heterocycles. The Bertz CT molecular complexity index is 1150. The zero-order valence-electron chi connectivity index (χ0n) is 16.8. The molecule has 0 atom stereocenters. The Morgan fingerprint density at radius 2 is 1.90 bits per heavy atom. The second-order valence-electron chi connectivity index (χ2n) is 6.98. The Balaban J connectivity index is 2.38. The largest absolute Gasteiger partial charge is 0.490 e. The van der Waals surface area contributed by atoms with Crippen LogP contribution in [0.5, 0.6) is 5.75 Å². The summed E-state index contributed by atoms with van der Waals surface area (Å²) in [7, 11) is 1.25. The quantitative estimate of drug-likeness (QED) is 0.245. The third-order valence-corrected chi connectivity index (χ3v) is 5.67. The minimum absolute atomic E-state index is 0.112. The van der Waals surface area contributed by atoms with Gasteiger partial charge in [0.05, 0.1) is 40.0 Å². The summed E-state index contributed by atoms with van der Waals surface area (Å²) in [6.45, 7) is 3.73. The first kappa shape index (κ1) is 23.5. The van der Waals surface area contributed by atoms with E-state index in [9.17, 15) is 18.0 Å². The number of aromatic nitrogens is 1. The molecule has 164 valence electrons. The van der Waals surface area contributed by atoms with Gasteiger partial charge in [-0.15, -0.1) is 0 Å². The summed E-state index contributed by atoms with van der Waals surface area (Å²) in [5, 5.41) is 0.688. The topological polar surface area (TPSA) is 48.4 Å². The highest BCUT2D eigenvalue weighted by atomic mass is 79.9. The highest BCUT2D eigenvalue weighted by Crippen LogP contribution is 2.39.